The van der Waals surface area contributed by atoms with E-state index in [9.17, 15) is 0 Å². The Morgan fingerprint density at radius 2 is 1.14 bits per heavy atom. The lowest BCUT2D eigenvalue weighted by Gasteiger charge is -1.86. The van der Waals surface area contributed by atoms with E-state index in [4.69, 9.17) is 5.73 Å². The summed E-state index contributed by atoms with van der Waals surface area (Å²) < 4.78 is 0. The van der Waals surface area contributed by atoms with Gasteiger partial charge in [-0.1, -0.05) is 46.5 Å². The molecule has 0 aliphatic rings. The lowest BCUT2D eigenvalue weighted by Crippen LogP contribution is -1.96. The number of rotatable bonds is 4. The molecule has 0 rings (SSSR count). The van der Waals surface area contributed by atoms with Gasteiger partial charge in [0, 0.05) is 0 Å². The average molecular weight is 227 g/mol. The van der Waals surface area contributed by atoms with Crippen molar-refractivity contribution in [2.45, 2.75) is 52.9 Å². The lowest BCUT2D eigenvalue weighted by atomic mass is 10.3. The Morgan fingerprint density at radius 3 is 1.21 bits per heavy atom. The molecule has 3 nitrogen and oxygen atoms in total. The Balaban J connectivity index is -0.0000000302. The van der Waals surface area contributed by atoms with Crippen LogP contribution in [0.3, 0.4) is 0 Å². The zero-order valence-electron chi connectivity index (χ0n) is 10.6. The molecule has 0 aromatic rings. The van der Waals surface area contributed by atoms with E-state index >= 15 is 0 Å². The third-order valence-corrected chi connectivity index (χ3v) is 1.31. The van der Waals surface area contributed by atoms with Gasteiger partial charge in [-0.05, 0) is 20.0 Å². The van der Waals surface area contributed by atoms with Crippen LogP contribution in [0, 0.1) is 0 Å². The fourth-order valence-corrected chi connectivity index (χ4v) is 0.394. The molecule has 0 aliphatic carbocycles. The van der Waals surface area contributed by atoms with Crippen LogP contribution in [0.4, 0.5) is 0 Å². The highest BCUT2D eigenvalue weighted by molar-refractivity contribution is 7.59. The molecule has 0 saturated heterocycles. The summed E-state index contributed by atoms with van der Waals surface area (Å²) in [5.41, 5.74) is 9.71. The molecular formula is C10H33N3S. The summed E-state index contributed by atoms with van der Waals surface area (Å²) in [5, 5.41) is 0. The van der Waals surface area contributed by atoms with Crippen molar-refractivity contribution < 1.29 is 0 Å². The Labute approximate surface area is 98.0 Å². The molecule has 0 spiro atoms. The molecule has 94 valence electrons. The maximum absolute atomic E-state index is 5.21. The summed E-state index contributed by atoms with van der Waals surface area (Å²) in [7, 11) is 1.50. The molecule has 0 unspecified atom stereocenters. The minimum absolute atomic E-state index is 0. The van der Waals surface area contributed by atoms with Crippen molar-refractivity contribution >= 4 is 13.5 Å². The highest BCUT2D eigenvalue weighted by Crippen LogP contribution is 1.88. The normalized spacial score (nSPS) is 6.43. The molecule has 7 N–H and O–H groups in total. The van der Waals surface area contributed by atoms with Crippen molar-refractivity contribution in [1.82, 2.24) is 6.15 Å². The number of unbranched alkanes of at least 4 members (excludes halogenated alkanes) is 3. The van der Waals surface area contributed by atoms with E-state index in [-0.39, 0.29) is 19.6 Å². The van der Waals surface area contributed by atoms with Gasteiger partial charge >= 0.3 is 0 Å². The summed E-state index contributed by atoms with van der Waals surface area (Å²) in [5.74, 6) is 0. The summed E-state index contributed by atoms with van der Waals surface area (Å²) in [4.78, 5) is 0. The average Bonchev–Trinajstić information content (AvgIpc) is 2.18. The fourth-order valence-electron chi connectivity index (χ4n) is 0.394. The lowest BCUT2D eigenvalue weighted by molar-refractivity contribution is 0.727. The van der Waals surface area contributed by atoms with Gasteiger partial charge in [0.1, 0.15) is 0 Å². The van der Waals surface area contributed by atoms with Gasteiger partial charge in [0.05, 0.1) is 0 Å². The summed E-state index contributed by atoms with van der Waals surface area (Å²) >= 11 is 0. The van der Waals surface area contributed by atoms with Crippen molar-refractivity contribution in [3.05, 3.63) is 0 Å². The van der Waals surface area contributed by atoms with Gasteiger partial charge in [0.2, 0.25) is 0 Å². The van der Waals surface area contributed by atoms with Gasteiger partial charge in [0.15, 0.2) is 0 Å². The molecule has 0 bridgehead atoms. The maximum Gasteiger partial charge on any atom is -0.00773 e. The number of hydrogen-bond acceptors (Lipinski definition) is 3. The standard InChI is InChI=1S/C5H13N.C4H10.CH5N.H3N.H2S/c1-2-3-4-5-6;1-3-4-2;1-2;;/h2-6H2,1H3;3-4H2,1-2H3;2H2,1H3;1H3;1H2. The fraction of sp³-hybridized carbons (Fsp3) is 1.00. The molecule has 0 radical (unpaired) electrons. The minimum atomic E-state index is 0. The van der Waals surface area contributed by atoms with E-state index in [1.54, 1.807) is 0 Å². The molecule has 0 fully saturated rings. The smallest absolute Gasteiger partial charge is 0.00773 e. The van der Waals surface area contributed by atoms with E-state index in [1.807, 2.05) is 0 Å². The second-order valence-corrected chi connectivity index (χ2v) is 2.50. The summed E-state index contributed by atoms with van der Waals surface area (Å²) in [6.07, 6.45) is 6.39. The van der Waals surface area contributed by atoms with Crippen molar-refractivity contribution in [3.63, 3.8) is 0 Å². The topological polar surface area (TPSA) is 87.0 Å². The Morgan fingerprint density at radius 1 is 0.786 bits per heavy atom. The van der Waals surface area contributed by atoms with Gasteiger partial charge in [-0.15, -0.1) is 0 Å². The van der Waals surface area contributed by atoms with Crippen LogP contribution in [0.2, 0.25) is 0 Å². The van der Waals surface area contributed by atoms with Crippen LogP contribution < -0.4 is 17.6 Å². The first-order valence-electron chi connectivity index (χ1n) is 5.11. The second kappa shape index (κ2) is 51.0. The first-order chi connectivity index (χ1) is 5.83. The predicted octanol–water partition coefficient (Wildman–Crippen LogP) is 2.79. The molecule has 0 saturated carbocycles. The van der Waals surface area contributed by atoms with Crippen molar-refractivity contribution in [3.8, 4) is 0 Å². The van der Waals surface area contributed by atoms with E-state index in [2.05, 4.69) is 26.5 Å². The largest absolute Gasteiger partial charge is 0.344 e. The Hall–Kier alpha value is 0.230. The molecule has 0 amide bonds. The van der Waals surface area contributed by atoms with Crippen LogP contribution in [0.25, 0.3) is 0 Å². The molecule has 0 aliphatic heterocycles. The zero-order valence-corrected chi connectivity index (χ0v) is 11.6. The van der Waals surface area contributed by atoms with Crippen LogP contribution >= 0.6 is 13.5 Å². The number of nitrogens with two attached hydrogens (primary N) is 2. The molecule has 0 aromatic heterocycles. The summed E-state index contributed by atoms with van der Waals surface area (Å²) in [6.45, 7) is 7.39. The van der Waals surface area contributed by atoms with Gasteiger partial charge in [0.25, 0.3) is 0 Å². The zero-order chi connectivity index (χ0) is 10.2. The monoisotopic (exact) mass is 227 g/mol. The Kier molecular flexibility index (Phi) is 106. The molecule has 4 heteroatoms. The minimum Gasteiger partial charge on any atom is -0.344 e. The number of hydrogen-bond donors (Lipinski definition) is 3. The molecule has 14 heavy (non-hydrogen) atoms. The molecule has 0 heterocycles. The molecule has 0 aromatic carbocycles. The summed E-state index contributed by atoms with van der Waals surface area (Å²) in [6, 6.07) is 0. The van der Waals surface area contributed by atoms with Gasteiger partial charge < -0.3 is 17.6 Å². The van der Waals surface area contributed by atoms with Crippen molar-refractivity contribution in [1.29, 1.82) is 0 Å². The first kappa shape index (κ1) is 29.2. The van der Waals surface area contributed by atoms with Crippen LogP contribution in [-0.4, -0.2) is 13.6 Å². The van der Waals surface area contributed by atoms with Gasteiger partial charge in [-0.3, -0.25) is 0 Å². The van der Waals surface area contributed by atoms with Crippen LogP contribution in [0.1, 0.15) is 52.9 Å². The van der Waals surface area contributed by atoms with E-state index in [1.165, 1.54) is 39.2 Å². The van der Waals surface area contributed by atoms with Crippen LogP contribution in [0.15, 0.2) is 0 Å². The van der Waals surface area contributed by atoms with E-state index in [0.29, 0.717) is 0 Å². The molecular weight excluding hydrogens is 194 g/mol. The highest BCUT2D eigenvalue weighted by atomic mass is 32.1. The van der Waals surface area contributed by atoms with Gasteiger partial charge in [-0.25, -0.2) is 0 Å². The van der Waals surface area contributed by atoms with E-state index < -0.39 is 0 Å². The Bertz CT molecular complexity index is 40.3. The van der Waals surface area contributed by atoms with Gasteiger partial charge in [-0.2, -0.15) is 13.5 Å². The predicted molar refractivity (Wildman–Crippen MR) is 74.7 cm³/mol. The third-order valence-electron chi connectivity index (χ3n) is 1.31. The van der Waals surface area contributed by atoms with Crippen LogP contribution in [0.5, 0.6) is 0 Å². The quantitative estimate of drug-likeness (QED) is 0.645. The van der Waals surface area contributed by atoms with Crippen molar-refractivity contribution in [2.75, 3.05) is 13.6 Å². The SMILES string of the molecule is CCCC.CCCCCN.CN.N.S. The van der Waals surface area contributed by atoms with Crippen LogP contribution in [-0.2, 0) is 0 Å². The second-order valence-electron chi connectivity index (χ2n) is 2.50. The molecule has 0 atom stereocenters. The maximum atomic E-state index is 5.21. The third kappa shape index (κ3) is 86.2. The van der Waals surface area contributed by atoms with E-state index in [0.717, 1.165) is 6.54 Å². The first-order valence-corrected chi connectivity index (χ1v) is 5.11. The highest BCUT2D eigenvalue weighted by Gasteiger charge is 1.75. The van der Waals surface area contributed by atoms with Crippen molar-refractivity contribution in [2.24, 2.45) is 11.5 Å².